The predicted octanol–water partition coefficient (Wildman–Crippen LogP) is 1.85. The molecule has 1 N–H and O–H groups in total. The number of aromatic carboxylic acids is 1. The van der Waals surface area contributed by atoms with Crippen LogP contribution in [0.25, 0.3) is 0 Å². The summed E-state index contributed by atoms with van der Waals surface area (Å²) in [5, 5.41) is 8.76. The van der Waals surface area contributed by atoms with Crippen LogP contribution in [-0.2, 0) is 4.79 Å². The van der Waals surface area contributed by atoms with Crippen molar-refractivity contribution in [1.29, 1.82) is 0 Å². The summed E-state index contributed by atoms with van der Waals surface area (Å²) in [6.45, 7) is 1.96. The van der Waals surface area contributed by atoms with Crippen molar-refractivity contribution < 1.29 is 14.7 Å². The molecule has 0 radical (unpaired) electrons. The SMILES string of the molecule is C#CCN1C(=O)C(C)Sc2ccc(C(=O)O)cc21. The van der Waals surface area contributed by atoms with E-state index in [1.54, 1.807) is 6.07 Å². The Hall–Kier alpha value is -1.93. The molecule has 1 aliphatic heterocycles. The molecule has 4 nitrogen and oxygen atoms in total. The summed E-state index contributed by atoms with van der Waals surface area (Å²) >= 11 is 1.42. The van der Waals surface area contributed by atoms with E-state index in [1.807, 2.05) is 6.92 Å². The van der Waals surface area contributed by atoms with E-state index < -0.39 is 5.97 Å². The van der Waals surface area contributed by atoms with Gasteiger partial charge in [-0.25, -0.2) is 4.79 Å². The lowest BCUT2D eigenvalue weighted by Crippen LogP contribution is -2.40. The van der Waals surface area contributed by atoms with Gasteiger partial charge in [-0.05, 0) is 25.1 Å². The molecule has 0 aromatic heterocycles. The Bertz CT molecular complexity index is 562. The van der Waals surface area contributed by atoms with Crippen molar-refractivity contribution in [2.24, 2.45) is 0 Å². The molecule has 5 heteroatoms. The summed E-state index contributed by atoms with van der Waals surface area (Å²) in [4.78, 5) is 25.3. The fourth-order valence-electron chi connectivity index (χ4n) is 1.79. The number of thioether (sulfide) groups is 1. The predicted molar refractivity (Wildman–Crippen MR) is 69.9 cm³/mol. The Morgan fingerprint density at radius 2 is 2.33 bits per heavy atom. The van der Waals surface area contributed by atoms with Crippen molar-refractivity contribution in [2.45, 2.75) is 17.1 Å². The molecular weight excluding hydrogens is 250 g/mol. The van der Waals surface area contributed by atoms with Crippen LogP contribution in [0.2, 0.25) is 0 Å². The number of carbonyl (C=O) groups excluding carboxylic acids is 1. The number of benzene rings is 1. The van der Waals surface area contributed by atoms with Crippen molar-refractivity contribution in [3.05, 3.63) is 23.8 Å². The molecule has 1 unspecified atom stereocenters. The molecule has 1 aromatic carbocycles. The van der Waals surface area contributed by atoms with Crippen LogP contribution in [0.1, 0.15) is 17.3 Å². The minimum absolute atomic E-state index is 0.0898. The van der Waals surface area contributed by atoms with Crippen molar-refractivity contribution in [3.63, 3.8) is 0 Å². The van der Waals surface area contributed by atoms with Gasteiger partial charge in [-0.15, -0.1) is 18.2 Å². The van der Waals surface area contributed by atoms with Gasteiger partial charge in [0.1, 0.15) is 0 Å². The number of carboxylic acid groups (broad SMARTS) is 1. The summed E-state index contributed by atoms with van der Waals surface area (Å²) < 4.78 is 0. The first-order valence-corrected chi connectivity index (χ1v) is 6.21. The molecule has 1 aromatic rings. The molecule has 1 heterocycles. The summed E-state index contributed by atoms with van der Waals surface area (Å²) in [5.74, 6) is 1.32. The van der Waals surface area contributed by atoms with Gasteiger partial charge in [0, 0.05) is 4.90 Å². The van der Waals surface area contributed by atoms with Gasteiger partial charge in [0.2, 0.25) is 5.91 Å². The Labute approximate surface area is 109 Å². The Balaban J connectivity index is 2.52. The zero-order chi connectivity index (χ0) is 13.3. The Morgan fingerprint density at radius 1 is 1.61 bits per heavy atom. The maximum absolute atomic E-state index is 12.0. The molecule has 1 amide bonds. The summed E-state index contributed by atoms with van der Waals surface area (Å²) in [7, 11) is 0. The average molecular weight is 261 g/mol. The van der Waals surface area contributed by atoms with Gasteiger partial charge in [0.05, 0.1) is 23.0 Å². The topological polar surface area (TPSA) is 57.6 Å². The van der Waals surface area contributed by atoms with E-state index in [1.165, 1.54) is 28.8 Å². The first-order valence-electron chi connectivity index (χ1n) is 5.33. The lowest BCUT2D eigenvalue weighted by atomic mass is 10.1. The highest BCUT2D eigenvalue weighted by molar-refractivity contribution is 8.00. The standard InChI is InChI=1S/C13H11NO3S/c1-3-6-14-10-7-9(13(16)17)4-5-11(10)18-8(2)12(14)15/h1,4-5,7-8H,6H2,2H3,(H,16,17). The third kappa shape index (κ3) is 2.07. The highest BCUT2D eigenvalue weighted by Gasteiger charge is 2.30. The molecule has 0 spiro atoms. The second-order valence-electron chi connectivity index (χ2n) is 3.88. The maximum atomic E-state index is 12.0. The van der Waals surface area contributed by atoms with Crippen molar-refractivity contribution in [1.82, 2.24) is 0 Å². The van der Waals surface area contributed by atoms with E-state index in [4.69, 9.17) is 11.5 Å². The zero-order valence-electron chi connectivity index (χ0n) is 9.71. The maximum Gasteiger partial charge on any atom is 0.335 e. The lowest BCUT2D eigenvalue weighted by Gasteiger charge is -2.31. The molecular formula is C13H11NO3S. The smallest absolute Gasteiger partial charge is 0.335 e. The summed E-state index contributed by atoms with van der Waals surface area (Å²) in [6.07, 6.45) is 5.26. The molecule has 18 heavy (non-hydrogen) atoms. The fourth-order valence-corrected chi connectivity index (χ4v) is 2.84. The van der Waals surface area contributed by atoms with E-state index in [0.717, 1.165) is 4.90 Å². The van der Waals surface area contributed by atoms with Crippen LogP contribution in [0.5, 0.6) is 0 Å². The summed E-state index contributed by atoms with van der Waals surface area (Å²) in [6, 6.07) is 4.74. The number of rotatable bonds is 2. The number of nitrogens with zero attached hydrogens (tertiary/aromatic N) is 1. The number of terminal acetylenes is 1. The molecule has 0 bridgehead atoms. The number of anilines is 1. The molecule has 0 saturated carbocycles. The molecule has 2 rings (SSSR count). The molecule has 92 valence electrons. The summed E-state index contributed by atoms with van der Waals surface area (Å²) in [5.41, 5.74) is 0.736. The number of amides is 1. The van der Waals surface area contributed by atoms with E-state index in [0.29, 0.717) is 5.69 Å². The minimum Gasteiger partial charge on any atom is -0.478 e. The van der Waals surface area contributed by atoms with Crippen LogP contribution >= 0.6 is 11.8 Å². The molecule has 0 fully saturated rings. The minimum atomic E-state index is -1.02. The van der Waals surface area contributed by atoms with Gasteiger partial charge >= 0.3 is 5.97 Å². The molecule has 1 atom stereocenters. The van der Waals surface area contributed by atoms with Gasteiger partial charge in [-0.2, -0.15) is 0 Å². The largest absolute Gasteiger partial charge is 0.478 e. The second-order valence-corrected chi connectivity index (χ2v) is 5.26. The zero-order valence-corrected chi connectivity index (χ0v) is 10.5. The van der Waals surface area contributed by atoms with E-state index in [-0.39, 0.29) is 23.3 Å². The number of carboxylic acids is 1. The Kier molecular flexibility index (Phi) is 3.30. The van der Waals surface area contributed by atoms with Gasteiger partial charge in [-0.1, -0.05) is 5.92 Å². The monoisotopic (exact) mass is 261 g/mol. The molecule has 0 saturated heterocycles. The van der Waals surface area contributed by atoms with Crippen LogP contribution < -0.4 is 4.90 Å². The second kappa shape index (κ2) is 4.75. The highest BCUT2D eigenvalue weighted by atomic mass is 32.2. The van der Waals surface area contributed by atoms with Crippen LogP contribution in [0.15, 0.2) is 23.1 Å². The van der Waals surface area contributed by atoms with Crippen LogP contribution in [-0.4, -0.2) is 28.8 Å². The third-order valence-electron chi connectivity index (χ3n) is 2.66. The van der Waals surface area contributed by atoms with E-state index >= 15 is 0 Å². The number of hydrogen-bond donors (Lipinski definition) is 1. The van der Waals surface area contributed by atoms with E-state index in [9.17, 15) is 9.59 Å². The average Bonchev–Trinajstić information content (AvgIpc) is 2.34. The van der Waals surface area contributed by atoms with Gasteiger partial charge in [0.25, 0.3) is 0 Å². The van der Waals surface area contributed by atoms with Gasteiger partial charge in [0.15, 0.2) is 0 Å². The third-order valence-corrected chi connectivity index (χ3v) is 3.82. The van der Waals surface area contributed by atoms with Crippen LogP contribution in [0.3, 0.4) is 0 Å². The van der Waals surface area contributed by atoms with E-state index in [2.05, 4.69) is 5.92 Å². The normalized spacial score (nSPS) is 18.1. The Morgan fingerprint density at radius 3 is 2.94 bits per heavy atom. The van der Waals surface area contributed by atoms with Crippen molar-refractivity contribution in [2.75, 3.05) is 11.4 Å². The quantitative estimate of drug-likeness (QED) is 0.825. The first-order chi connectivity index (χ1) is 8.54. The number of hydrogen-bond acceptors (Lipinski definition) is 3. The van der Waals surface area contributed by atoms with Gasteiger partial charge < -0.3 is 5.11 Å². The van der Waals surface area contributed by atoms with Crippen LogP contribution in [0, 0.1) is 12.3 Å². The van der Waals surface area contributed by atoms with Crippen molar-refractivity contribution in [3.8, 4) is 12.3 Å². The molecule has 0 aliphatic carbocycles. The van der Waals surface area contributed by atoms with Crippen molar-refractivity contribution >= 4 is 29.3 Å². The van der Waals surface area contributed by atoms with Gasteiger partial charge in [-0.3, -0.25) is 9.69 Å². The van der Waals surface area contributed by atoms with Crippen LogP contribution in [0.4, 0.5) is 5.69 Å². The number of fused-ring (bicyclic) bond motifs is 1. The fraction of sp³-hybridized carbons (Fsp3) is 0.231. The first kappa shape index (κ1) is 12.5. The highest BCUT2D eigenvalue weighted by Crippen LogP contribution is 2.39. The molecule has 1 aliphatic rings. The number of carbonyl (C=O) groups is 2. The lowest BCUT2D eigenvalue weighted by molar-refractivity contribution is -0.117.